The smallest absolute Gasteiger partial charge is 0.259 e. The summed E-state index contributed by atoms with van der Waals surface area (Å²) in [6.07, 6.45) is 1.87. The number of hydrogen-bond donors (Lipinski definition) is 2. The van der Waals surface area contributed by atoms with Crippen LogP contribution in [0.4, 0.5) is 11.5 Å². The average Bonchev–Trinajstić information content (AvgIpc) is 2.56. The number of amides is 2. The molecule has 0 aliphatic heterocycles. The highest BCUT2D eigenvalue weighted by Crippen LogP contribution is 2.19. The van der Waals surface area contributed by atoms with Gasteiger partial charge in [-0.25, -0.2) is 4.98 Å². The molecular formula is C16H17N3O3. The van der Waals surface area contributed by atoms with E-state index in [9.17, 15) is 9.59 Å². The molecule has 1 heterocycles. The number of para-hydroxylation sites is 1. The lowest BCUT2D eigenvalue weighted by atomic mass is 10.2. The van der Waals surface area contributed by atoms with Crippen molar-refractivity contribution < 1.29 is 14.3 Å². The number of carbonyl (C=O) groups excluding carboxylic acids is 2. The van der Waals surface area contributed by atoms with Crippen molar-refractivity contribution in [2.45, 2.75) is 13.3 Å². The minimum absolute atomic E-state index is 0.113. The second-order valence-corrected chi connectivity index (χ2v) is 4.49. The van der Waals surface area contributed by atoms with Crippen molar-refractivity contribution >= 4 is 23.3 Å². The number of rotatable bonds is 5. The van der Waals surface area contributed by atoms with E-state index in [1.165, 1.54) is 13.3 Å². The first-order valence-corrected chi connectivity index (χ1v) is 6.84. The van der Waals surface area contributed by atoms with Crippen molar-refractivity contribution in [3.05, 3.63) is 48.2 Å². The highest BCUT2D eigenvalue weighted by Gasteiger charge is 2.11. The van der Waals surface area contributed by atoms with Crippen LogP contribution in [0.3, 0.4) is 0 Å². The fourth-order valence-corrected chi connectivity index (χ4v) is 1.80. The number of nitrogens with zero attached hydrogens (tertiary/aromatic N) is 1. The maximum atomic E-state index is 12.2. The van der Waals surface area contributed by atoms with Crippen LogP contribution < -0.4 is 15.4 Å². The number of aromatic nitrogens is 1. The van der Waals surface area contributed by atoms with Crippen LogP contribution in [-0.4, -0.2) is 23.9 Å². The molecular weight excluding hydrogens is 282 g/mol. The maximum absolute atomic E-state index is 12.2. The molecule has 0 aliphatic carbocycles. The van der Waals surface area contributed by atoms with Crippen molar-refractivity contribution in [2.75, 3.05) is 17.7 Å². The van der Waals surface area contributed by atoms with Gasteiger partial charge in [0.15, 0.2) is 0 Å². The van der Waals surface area contributed by atoms with Gasteiger partial charge in [-0.1, -0.05) is 19.1 Å². The molecule has 6 nitrogen and oxygen atoms in total. The van der Waals surface area contributed by atoms with Crippen molar-refractivity contribution in [3.8, 4) is 5.75 Å². The first-order valence-electron chi connectivity index (χ1n) is 6.84. The Balaban J connectivity index is 2.07. The summed E-state index contributed by atoms with van der Waals surface area (Å²) in [5.74, 6) is 0.546. The number of ether oxygens (including phenoxy) is 1. The molecule has 1 aromatic carbocycles. The Morgan fingerprint density at radius 3 is 2.55 bits per heavy atom. The number of hydrogen-bond acceptors (Lipinski definition) is 4. The fourth-order valence-electron chi connectivity index (χ4n) is 1.80. The Morgan fingerprint density at radius 1 is 1.14 bits per heavy atom. The number of anilines is 2. The first-order chi connectivity index (χ1) is 10.6. The van der Waals surface area contributed by atoms with Gasteiger partial charge in [0.05, 0.1) is 24.6 Å². The molecule has 0 saturated carbocycles. The molecule has 1 aromatic heterocycles. The van der Waals surface area contributed by atoms with Crippen molar-refractivity contribution in [2.24, 2.45) is 0 Å². The molecule has 6 heteroatoms. The minimum Gasteiger partial charge on any atom is -0.496 e. The topological polar surface area (TPSA) is 80.3 Å². The van der Waals surface area contributed by atoms with E-state index < -0.39 is 0 Å². The monoisotopic (exact) mass is 299 g/mol. The summed E-state index contributed by atoms with van der Waals surface area (Å²) in [7, 11) is 1.51. The number of pyridine rings is 1. The summed E-state index contributed by atoms with van der Waals surface area (Å²) >= 11 is 0. The molecule has 0 fully saturated rings. The molecule has 2 amide bonds. The van der Waals surface area contributed by atoms with Gasteiger partial charge in [0, 0.05) is 6.42 Å². The maximum Gasteiger partial charge on any atom is 0.259 e. The Bertz CT molecular complexity index is 669. The van der Waals surface area contributed by atoms with Gasteiger partial charge in [0.2, 0.25) is 5.91 Å². The van der Waals surface area contributed by atoms with Crippen LogP contribution in [0, 0.1) is 0 Å². The molecule has 22 heavy (non-hydrogen) atoms. The van der Waals surface area contributed by atoms with E-state index in [0.29, 0.717) is 29.2 Å². The van der Waals surface area contributed by atoms with E-state index >= 15 is 0 Å². The van der Waals surface area contributed by atoms with Gasteiger partial charge >= 0.3 is 0 Å². The van der Waals surface area contributed by atoms with E-state index in [2.05, 4.69) is 15.6 Å². The number of nitrogens with one attached hydrogen (secondary N) is 2. The van der Waals surface area contributed by atoms with Gasteiger partial charge < -0.3 is 15.4 Å². The van der Waals surface area contributed by atoms with Crippen LogP contribution in [0.15, 0.2) is 42.6 Å². The molecule has 0 atom stereocenters. The van der Waals surface area contributed by atoms with Gasteiger partial charge in [0.1, 0.15) is 11.6 Å². The van der Waals surface area contributed by atoms with Crippen LogP contribution in [0.25, 0.3) is 0 Å². The summed E-state index contributed by atoms with van der Waals surface area (Å²) in [5.41, 5.74) is 0.971. The minimum atomic E-state index is -0.287. The zero-order valence-corrected chi connectivity index (χ0v) is 12.4. The largest absolute Gasteiger partial charge is 0.496 e. The lowest BCUT2D eigenvalue weighted by Gasteiger charge is -2.09. The lowest BCUT2D eigenvalue weighted by molar-refractivity contribution is -0.115. The van der Waals surface area contributed by atoms with Crippen LogP contribution >= 0.6 is 0 Å². The van der Waals surface area contributed by atoms with Crippen molar-refractivity contribution in [1.29, 1.82) is 0 Å². The third kappa shape index (κ3) is 3.82. The third-order valence-electron chi connectivity index (χ3n) is 2.96. The van der Waals surface area contributed by atoms with Crippen molar-refractivity contribution in [1.82, 2.24) is 4.98 Å². The van der Waals surface area contributed by atoms with E-state index in [0.717, 1.165) is 0 Å². The summed E-state index contributed by atoms with van der Waals surface area (Å²) in [5, 5.41) is 5.37. The molecule has 0 radical (unpaired) electrons. The van der Waals surface area contributed by atoms with Crippen LogP contribution in [0.5, 0.6) is 5.75 Å². The second-order valence-electron chi connectivity index (χ2n) is 4.49. The molecule has 0 unspecified atom stereocenters. The number of benzene rings is 1. The van der Waals surface area contributed by atoms with E-state index in [1.807, 2.05) is 0 Å². The molecule has 0 bridgehead atoms. The zero-order valence-electron chi connectivity index (χ0n) is 12.4. The summed E-state index contributed by atoms with van der Waals surface area (Å²) < 4.78 is 5.16. The Hall–Kier alpha value is -2.89. The summed E-state index contributed by atoms with van der Waals surface area (Å²) in [6, 6.07) is 10.3. The fraction of sp³-hybridized carbons (Fsp3) is 0.188. The molecule has 2 N–H and O–H groups in total. The SMILES string of the molecule is CCC(=O)Nc1ccc(NC(=O)c2ccccc2OC)cn1. The first kappa shape index (κ1) is 15.5. The normalized spacial score (nSPS) is 9.91. The number of methoxy groups -OCH3 is 1. The quantitative estimate of drug-likeness (QED) is 0.889. The number of carbonyl (C=O) groups is 2. The Morgan fingerprint density at radius 2 is 1.91 bits per heavy atom. The van der Waals surface area contributed by atoms with Gasteiger partial charge in [-0.3, -0.25) is 9.59 Å². The van der Waals surface area contributed by atoms with Crippen LogP contribution in [0.2, 0.25) is 0 Å². The van der Waals surface area contributed by atoms with E-state index in [-0.39, 0.29) is 11.8 Å². The van der Waals surface area contributed by atoms with Gasteiger partial charge in [-0.2, -0.15) is 0 Å². The lowest BCUT2D eigenvalue weighted by Crippen LogP contribution is -2.14. The molecule has 0 aliphatic rings. The highest BCUT2D eigenvalue weighted by molar-refractivity contribution is 6.06. The Kier molecular flexibility index (Phi) is 5.08. The molecule has 2 aromatic rings. The van der Waals surface area contributed by atoms with Gasteiger partial charge in [-0.15, -0.1) is 0 Å². The predicted octanol–water partition coefficient (Wildman–Crippen LogP) is 2.69. The van der Waals surface area contributed by atoms with E-state index in [4.69, 9.17) is 4.74 Å². The van der Waals surface area contributed by atoms with Crippen LogP contribution in [-0.2, 0) is 4.79 Å². The van der Waals surface area contributed by atoms with Gasteiger partial charge in [0.25, 0.3) is 5.91 Å². The highest BCUT2D eigenvalue weighted by atomic mass is 16.5. The summed E-state index contributed by atoms with van der Waals surface area (Å²) in [4.78, 5) is 27.6. The molecule has 114 valence electrons. The zero-order chi connectivity index (χ0) is 15.9. The van der Waals surface area contributed by atoms with Gasteiger partial charge in [-0.05, 0) is 24.3 Å². The molecule has 0 saturated heterocycles. The standard InChI is InChI=1S/C16H17N3O3/c1-3-15(20)19-14-9-8-11(10-17-14)18-16(21)12-6-4-5-7-13(12)22-2/h4-10H,3H2,1-2H3,(H,18,21)(H,17,19,20). The van der Waals surface area contributed by atoms with Crippen LogP contribution in [0.1, 0.15) is 23.7 Å². The predicted molar refractivity (Wildman–Crippen MR) is 84.1 cm³/mol. The summed E-state index contributed by atoms with van der Waals surface area (Å²) in [6.45, 7) is 1.76. The molecule has 2 rings (SSSR count). The Labute approximate surface area is 128 Å². The second kappa shape index (κ2) is 7.21. The molecule has 0 spiro atoms. The average molecular weight is 299 g/mol. The third-order valence-corrected chi connectivity index (χ3v) is 2.96. The van der Waals surface area contributed by atoms with Crippen molar-refractivity contribution in [3.63, 3.8) is 0 Å². The van der Waals surface area contributed by atoms with E-state index in [1.54, 1.807) is 43.3 Å².